The first kappa shape index (κ1) is 11.5. The van der Waals surface area contributed by atoms with Gasteiger partial charge in [-0.1, -0.05) is 0 Å². The molecular weight excluding hydrogens is 214 g/mol. The van der Waals surface area contributed by atoms with Crippen LogP contribution in [0.1, 0.15) is 25.7 Å². The Balaban J connectivity index is 1.47. The molecule has 3 rings (SSSR count). The highest BCUT2D eigenvalue weighted by Gasteiger charge is 2.35. The van der Waals surface area contributed by atoms with Crippen molar-refractivity contribution >= 4 is 5.91 Å². The van der Waals surface area contributed by atoms with Crippen LogP contribution in [0.15, 0.2) is 0 Å². The number of carbonyl (C=O) groups excluding carboxylic acids is 1. The summed E-state index contributed by atoms with van der Waals surface area (Å²) < 4.78 is 0. The van der Waals surface area contributed by atoms with E-state index in [4.69, 9.17) is 0 Å². The molecule has 96 valence electrons. The van der Waals surface area contributed by atoms with Crippen LogP contribution in [-0.2, 0) is 4.79 Å². The van der Waals surface area contributed by atoms with E-state index in [1.54, 1.807) is 0 Å². The van der Waals surface area contributed by atoms with Crippen molar-refractivity contribution in [3.63, 3.8) is 0 Å². The Morgan fingerprint density at radius 1 is 1.12 bits per heavy atom. The Morgan fingerprint density at radius 3 is 2.53 bits per heavy atom. The number of hydrogen-bond acceptors (Lipinski definition) is 3. The van der Waals surface area contributed by atoms with Gasteiger partial charge in [-0.3, -0.25) is 9.69 Å². The van der Waals surface area contributed by atoms with Gasteiger partial charge in [0.1, 0.15) is 0 Å². The van der Waals surface area contributed by atoms with Crippen LogP contribution < -0.4 is 5.32 Å². The molecule has 0 unspecified atom stereocenters. The lowest BCUT2D eigenvalue weighted by Crippen LogP contribution is -2.52. The summed E-state index contributed by atoms with van der Waals surface area (Å²) in [6.45, 7) is 6.16. The SMILES string of the molecule is O=C1CN(CC2CCNCC2)CCN1C1CC1. The Labute approximate surface area is 103 Å². The second kappa shape index (κ2) is 4.94. The summed E-state index contributed by atoms with van der Waals surface area (Å²) in [5.74, 6) is 1.17. The standard InChI is InChI=1S/C13H23N3O/c17-13-10-15(7-8-16(13)12-1-2-12)9-11-3-5-14-6-4-11/h11-12,14H,1-10H2. The molecule has 4 heteroatoms. The quantitative estimate of drug-likeness (QED) is 0.766. The number of nitrogens with zero attached hydrogens (tertiary/aromatic N) is 2. The van der Waals surface area contributed by atoms with Crippen LogP contribution in [0.25, 0.3) is 0 Å². The monoisotopic (exact) mass is 237 g/mol. The summed E-state index contributed by atoms with van der Waals surface area (Å²) in [6, 6.07) is 0.600. The number of amides is 1. The first-order valence-electron chi connectivity index (χ1n) is 7.05. The lowest BCUT2D eigenvalue weighted by Gasteiger charge is -2.37. The fourth-order valence-corrected chi connectivity index (χ4v) is 3.09. The van der Waals surface area contributed by atoms with E-state index < -0.39 is 0 Å². The maximum absolute atomic E-state index is 12.0. The maximum Gasteiger partial charge on any atom is 0.237 e. The van der Waals surface area contributed by atoms with E-state index in [0.717, 1.165) is 38.6 Å². The van der Waals surface area contributed by atoms with Crippen molar-refractivity contribution in [1.82, 2.24) is 15.1 Å². The Bertz CT molecular complexity index is 284. The van der Waals surface area contributed by atoms with E-state index >= 15 is 0 Å². The molecule has 0 bridgehead atoms. The van der Waals surface area contributed by atoms with Gasteiger partial charge in [0.15, 0.2) is 0 Å². The van der Waals surface area contributed by atoms with Crippen molar-refractivity contribution in [1.29, 1.82) is 0 Å². The van der Waals surface area contributed by atoms with Crippen molar-refractivity contribution in [2.45, 2.75) is 31.7 Å². The first-order chi connectivity index (χ1) is 8.33. The summed E-state index contributed by atoms with van der Waals surface area (Å²) in [7, 11) is 0. The van der Waals surface area contributed by atoms with Crippen molar-refractivity contribution in [2.24, 2.45) is 5.92 Å². The predicted octanol–water partition coefficient (Wildman–Crippen LogP) is 0.293. The molecule has 17 heavy (non-hydrogen) atoms. The van der Waals surface area contributed by atoms with E-state index in [-0.39, 0.29) is 0 Å². The van der Waals surface area contributed by atoms with Gasteiger partial charge in [0.2, 0.25) is 5.91 Å². The normalized spacial score (nSPS) is 28.7. The highest BCUT2D eigenvalue weighted by molar-refractivity contribution is 5.79. The predicted molar refractivity (Wildman–Crippen MR) is 66.8 cm³/mol. The Kier molecular flexibility index (Phi) is 3.34. The number of rotatable bonds is 3. The second-order valence-corrected chi connectivity index (χ2v) is 5.75. The molecule has 0 aromatic heterocycles. The molecule has 4 nitrogen and oxygen atoms in total. The molecule has 0 aromatic rings. The van der Waals surface area contributed by atoms with Crippen molar-refractivity contribution in [2.75, 3.05) is 39.3 Å². The minimum Gasteiger partial charge on any atom is -0.337 e. The fourth-order valence-electron chi connectivity index (χ4n) is 3.09. The fraction of sp³-hybridized carbons (Fsp3) is 0.923. The van der Waals surface area contributed by atoms with Gasteiger partial charge in [0, 0.05) is 25.7 Å². The number of nitrogens with one attached hydrogen (secondary N) is 1. The molecule has 2 heterocycles. The molecule has 2 aliphatic heterocycles. The molecule has 1 amide bonds. The second-order valence-electron chi connectivity index (χ2n) is 5.75. The summed E-state index contributed by atoms with van der Waals surface area (Å²) in [5.41, 5.74) is 0. The van der Waals surface area contributed by atoms with Gasteiger partial charge in [-0.05, 0) is 44.7 Å². The highest BCUT2D eigenvalue weighted by atomic mass is 16.2. The molecule has 1 saturated carbocycles. The van der Waals surface area contributed by atoms with Gasteiger partial charge in [0.25, 0.3) is 0 Å². The number of hydrogen-bond donors (Lipinski definition) is 1. The highest BCUT2D eigenvalue weighted by Crippen LogP contribution is 2.28. The van der Waals surface area contributed by atoms with Gasteiger partial charge >= 0.3 is 0 Å². The van der Waals surface area contributed by atoms with Crippen LogP contribution in [0.2, 0.25) is 0 Å². The Hall–Kier alpha value is -0.610. The van der Waals surface area contributed by atoms with Crippen LogP contribution in [-0.4, -0.2) is 61.0 Å². The largest absolute Gasteiger partial charge is 0.337 e. The molecule has 1 N–H and O–H groups in total. The average molecular weight is 237 g/mol. The van der Waals surface area contributed by atoms with Crippen LogP contribution in [0.3, 0.4) is 0 Å². The third kappa shape index (κ3) is 2.80. The van der Waals surface area contributed by atoms with Crippen LogP contribution in [0.4, 0.5) is 0 Å². The topological polar surface area (TPSA) is 35.6 Å². The van der Waals surface area contributed by atoms with E-state index in [0.29, 0.717) is 18.5 Å². The minimum atomic E-state index is 0.368. The Morgan fingerprint density at radius 2 is 1.88 bits per heavy atom. The van der Waals surface area contributed by atoms with E-state index in [1.165, 1.54) is 25.7 Å². The van der Waals surface area contributed by atoms with E-state index in [9.17, 15) is 4.79 Å². The van der Waals surface area contributed by atoms with Crippen molar-refractivity contribution in [3.05, 3.63) is 0 Å². The van der Waals surface area contributed by atoms with Crippen LogP contribution >= 0.6 is 0 Å². The lowest BCUT2D eigenvalue weighted by atomic mass is 9.97. The van der Waals surface area contributed by atoms with E-state index in [1.807, 2.05) is 0 Å². The molecule has 1 aliphatic carbocycles. The molecule has 0 atom stereocenters. The summed E-state index contributed by atoms with van der Waals surface area (Å²) >= 11 is 0. The third-order valence-electron chi connectivity index (χ3n) is 4.30. The van der Waals surface area contributed by atoms with Crippen LogP contribution in [0, 0.1) is 5.92 Å². The van der Waals surface area contributed by atoms with Gasteiger partial charge in [-0.2, -0.15) is 0 Å². The molecular formula is C13H23N3O. The number of piperidine rings is 1. The van der Waals surface area contributed by atoms with E-state index in [2.05, 4.69) is 15.1 Å². The molecule has 3 fully saturated rings. The summed E-state index contributed by atoms with van der Waals surface area (Å²) in [5, 5.41) is 3.40. The summed E-state index contributed by atoms with van der Waals surface area (Å²) in [6.07, 6.45) is 5.02. The van der Waals surface area contributed by atoms with Gasteiger partial charge in [-0.25, -0.2) is 0 Å². The lowest BCUT2D eigenvalue weighted by molar-refractivity contribution is -0.136. The third-order valence-corrected chi connectivity index (χ3v) is 4.30. The molecule has 0 aromatic carbocycles. The zero-order valence-electron chi connectivity index (χ0n) is 10.5. The minimum absolute atomic E-state index is 0.368. The average Bonchev–Trinajstić information content (AvgIpc) is 3.15. The molecule has 2 saturated heterocycles. The number of piperazine rings is 1. The first-order valence-corrected chi connectivity index (χ1v) is 7.05. The molecule has 0 radical (unpaired) electrons. The van der Waals surface area contributed by atoms with Crippen molar-refractivity contribution in [3.8, 4) is 0 Å². The number of carbonyl (C=O) groups is 1. The smallest absolute Gasteiger partial charge is 0.237 e. The maximum atomic E-state index is 12.0. The molecule has 3 aliphatic rings. The summed E-state index contributed by atoms with van der Waals surface area (Å²) in [4.78, 5) is 16.5. The van der Waals surface area contributed by atoms with Gasteiger partial charge < -0.3 is 10.2 Å². The zero-order chi connectivity index (χ0) is 11.7. The van der Waals surface area contributed by atoms with Crippen LogP contribution in [0.5, 0.6) is 0 Å². The van der Waals surface area contributed by atoms with Crippen molar-refractivity contribution < 1.29 is 4.79 Å². The van der Waals surface area contributed by atoms with Gasteiger partial charge in [-0.15, -0.1) is 0 Å². The van der Waals surface area contributed by atoms with Gasteiger partial charge in [0.05, 0.1) is 6.54 Å². The zero-order valence-corrected chi connectivity index (χ0v) is 10.5. The molecule has 0 spiro atoms.